The van der Waals surface area contributed by atoms with Crippen molar-refractivity contribution in [2.24, 2.45) is 11.1 Å². The summed E-state index contributed by atoms with van der Waals surface area (Å²) in [7, 11) is 0. The highest BCUT2D eigenvalue weighted by Crippen LogP contribution is 2.24. The van der Waals surface area contributed by atoms with E-state index in [9.17, 15) is 4.79 Å². The van der Waals surface area contributed by atoms with Crippen LogP contribution in [0.1, 0.15) is 46.5 Å². The Bertz CT molecular complexity index is 318. The van der Waals surface area contributed by atoms with Gasteiger partial charge in [-0.2, -0.15) is 0 Å². The maximum Gasteiger partial charge on any atom is 0.240 e. The second-order valence-corrected chi connectivity index (χ2v) is 7.17. The molecule has 4 nitrogen and oxygen atoms in total. The maximum absolute atomic E-state index is 12.4. The van der Waals surface area contributed by atoms with E-state index in [2.05, 4.69) is 4.90 Å². The normalized spacial score (nSPS) is 27.6. The van der Waals surface area contributed by atoms with Crippen molar-refractivity contribution in [2.45, 2.75) is 58.5 Å². The maximum atomic E-state index is 12.4. The molecule has 2 rings (SSSR count). The van der Waals surface area contributed by atoms with Crippen molar-refractivity contribution in [3.63, 3.8) is 0 Å². The van der Waals surface area contributed by atoms with Crippen molar-refractivity contribution in [3.8, 4) is 0 Å². The van der Waals surface area contributed by atoms with Gasteiger partial charge in [-0.25, -0.2) is 0 Å². The first-order chi connectivity index (χ1) is 8.89. The minimum atomic E-state index is -0.382. The number of carbonyl (C=O) groups is 1. The Morgan fingerprint density at radius 2 is 1.79 bits per heavy atom. The molecule has 19 heavy (non-hydrogen) atoms. The molecule has 0 radical (unpaired) electrons. The monoisotopic (exact) mass is 267 g/mol. The summed E-state index contributed by atoms with van der Waals surface area (Å²) in [5.74, 6) is 0.131. The number of nitrogens with zero attached hydrogens (tertiary/aromatic N) is 2. The van der Waals surface area contributed by atoms with Gasteiger partial charge < -0.3 is 10.6 Å². The summed E-state index contributed by atoms with van der Waals surface area (Å²) in [5, 5.41) is 0. The first kappa shape index (κ1) is 14.8. The molecular weight excluding hydrogens is 238 g/mol. The Morgan fingerprint density at radius 3 is 2.37 bits per heavy atom. The molecule has 1 amide bonds. The molecule has 2 fully saturated rings. The zero-order valence-corrected chi connectivity index (χ0v) is 12.7. The zero-order chi connectivity index (χ0) is 14.0. The third kappa shape index (κ3) is 3.48. The van der Waals surface area contributed by atoms with Crippen LogP contribution in [0.15, 0.2) is 0 Å². The fourth-order valence-corrected chi connectivity index (χ4v) is 3.09. The summed E-state index contributed by atoms with van der Waals surface area (Å²) in [6.07, 6.45) is 5.10. The van der Waals surface area contributed by atoms with Crippen LogP contribution in [0.5, 0.6) is 0 Å². The van der Waals surface area contributed by atoms with Gasteiger partial charge in [-0.05, 0) is 37.8 Å². The van der Waals surface area contributed by atoms with Crippen molar-refractivity contribution in [1.82, 2.24) is 9.80 Å². The van der Waals surface area contributed by atoms with Gasteiger partial charge in [-0.15, -0.1) is 0 Å². The van der Waals surface area contributed by atoms with E-state index in [0.717, 1.165) is 19.5 Å². The molecule has 2 heterocycles. The predicted molar refractivity (Wildman–Crippen MR) is 77.8 cm³/mol. The lowest BCUT2D eigenvalue weighted by molar-refractivity contribution is -0.134. The molecule has 0 bridgehead atoms. The van der Waals surface area contributed by atoms with Crippen molar-refractivity contribution < 1.29 is 4.79 Å². The second-order valence-electron chi connectivity index (χ2n) is 7.17. The van der Waals surface area contributed by atoms with Crippen LogP contribution < -0.4 is 5.73 Å². The average molecular weight is 267 g/mol. The first-order valence-electron chi connectivity index (χ1n) is 7.68. The van der Waals surface area contributed by atoms with Gasteiger partial charge >= 0.3 is 0 Å². The molecule has 110 valence electrons. The van der Waals surface area contributed by atoms with Crippen LogP contribution in [0.2, 0.25) is 0 Å². The highest BCUT2D eigenvalue weighted by atomic mass is 16.2. The van der Waals surface area contributed by atoms with Gasteiger partial charge in [0.2, 0.25) is 5.91 Å². The molecule has 0 spiro atoms. The molecule has 0 saturated carbocycles. The fraction of sp³-hybridized carbons (Fsp3) is 0.933. The van der Waals surface area contributed by atoms with E-state index in [1.165, 1.54) is 32.4 Å². The predicted octanol–water partition coefficient (Wildman–Crippen LogP) is 1.45. The van der Waals surface area contributed by atoms with Crippen LogP contribution in [-0.2, 0) is 4.79 Å². The van der Waals surface area contributed by atoms with Gasteiger partial charge in [-0.3, -0.25) is 9.69 Å². The quantitative estimate of drug-likeness (QED) is 0.824. The summed E-state index contributed by atoms with van der Waals surface area (Å²) in [6, 6.07) is 0.184. The molecule has 4 heteroatoms. The number of nitrogens with two attached hydrogens (primary N) is 1. The third-order valence-electron chi connectivity index (χ3n) is 4.58. The van der Waals surface area contributed by atoms with E-state index < -0.39 is 0 Å². The van der Waals surface area contributed by atoms with E-state index in [0.29, 0.717) is 6.04 Å². The number of carbonyl (C=O) groups excluding carboxylic acids is 1. The standard InChI is InChI=1S/C15H29N3O/c1-15(2,3)13(16)14(19)18-10-7-12(11-18)17-8-5-4-6-9-17/h12-13H,4-11,16H2,1-3H3/t12?,13-/m0/s1. The van der Waals surface area contributed by atoms with E-state index in [1.54, 1.807) is 0 Å². The van der Waals surface area contributed by atoms with Crippen LogP contribution in [0.3, 0.4) is 0 Å². The van der Waals surface area contributed by atoms with Crippen LogP contribution in [0.4, 0.5) is 0 Å². The Hall–Kier alpha value is -0.610. The molecule has 0 aromatic heterocycles. The van der Waals surface area contributed by atoms with Gasteiger partial charge in [0.15, 0.2) is 0 Å². The molecule has 0 aromatic rings. The zero-order valence-electron chi connectivity index (χ0n) is 12.7. The topological polar surface area (TPSA) is 49.6 Å². The van der Waals surface area contributed by atoms with Gasteiger partial charge in [0.05, 0.1) is 6.04 Å². The van der Waals surface area contributed by atoms with Crippen molar-refractivity contribution >= 4 is 5.91 Å². The van der Waals surface area contributed by atoms with Crippen molar-refractivity contribution in [2.75, 3.05) is 26.2 Å². The lowest BCUT2D eigenvalue weighted by atomic mass is 9.86. The summed E-state index contributed by atoms with van der Waals surface area (Å²) in [4.78, 5) is 17.0. The Kier molecular flexibility index (Phi) is 4.51. The highest BCUT2D eigenvalue weighted by molar-refractivity contribution is 5.82. The summed E-state index contributed by atoms with van der Waals surface area (Å²) in [5.41, 5.74) is 5.94. The Morgan fingerprint density at radius 1 is 1.16 bits per heavy atom. The van der Waals surface area contributed by atoms with Crippen molar-refractivity contribution in [3.05, 3.63) is 0 Å². The molecular formula is C15H29N3O. The Balaban J connectivity index is 1.89. The van der Waals surface area contributed by atoms with Gasteiger partial charge in [0.25, 0.3) is 0 Å². The number of rotatable bonds is 2. The molecule has 2 aliphatic rings. The van der Waals surface area contributed by atoms with E-state index in [1.807, 2.05) is 25.7 Å². The van der Waals surface area contributed by atoms with Crippen LogP contribution in [0.25, 0.3) is 0 Å². The molecule has 1 unspecified atom stereocenters. The van der Waals surface area contributed by atoms with E-state index >= 15 is 0 Å². The molecule has 2 saturated heterocycles. The largest absolute Gasteiger partial charge is 0.340 e. The second kappa shape index (κ2) is 5.80. The van der Waals surface area contributed by atoms with Crippen LogP contribution in [-0.4, -0.2) is 54.0 Å². The number of piperidine rings is 1. The molecule has 0 aliphatic carbocycles. The molecule has 2 aliphatic heterocycles. The Labute approximate surface area is 117 Å². The van der Waals surface area contributed by atoms with Gasteiger partial charge in [-0.1, -0.05) is 27.2 Å². The average Bonchev–Trinajstić information content (AvgIpc) is 2.86. The van der Waals surface area contributed by atoms with Gasteiger partial charge in [0.1, 0.15) is 0 Å². The molecule has 2 atom stereocenters. The van der Waals surface area contributed by atoms with Crippen LogP contribution >= 0.6 is 0 Å². The van der Waals surface area contributed by atoms with Gasteiger partial charge in [0, 0.05) is 19.1 Å². The lowest BCUT2D eigenvalue weighted by Crippen LogP contribution is -2.50. The third-order valence-corrected chi connectivity index (χ3v) is 4.58. The minimum Gasteiger partial charge on any atom is -0.340 e. The lowest BCUT2D eigenvalue weighted by Gasteiger charge is -2.33. The summed E-state index contributed by atoms with van der Waals surface area (Å²) in [6.45, 7) is 10.3. The highest BCUT2D eigenvalue weighted by Gasteiger charge is 2.36. The summed E-state index contributed by atoms with van der Waals surface area (Å²) < 4.78 is 0. The molecule has 2 N–H and O–H groups in total. The summed E-state index contributed by atoms with van der Waals surface area (Å²) >= 11 is 0. The van der Waals surface area contributed by atoms with Crippen molar-refractivity contribution in [1.29, 1.82) is 0 Å². The minimum absolute atomic E-state index is 0.131. The number of hydrogen-bond donors (Lipinski definition) is 1. The fourth-order valence-electron chi connectivity index (χ4n) is 3.09. The van der Waals surface area contributed by atoms with E-state index in [4.69, 9.17) is 5.73 Å². The van der Waals surface area contributed by atoms with E-state index in [-0.39, 0.29) is 17.4 Å². The van der Waals surface area contributed by atoms with Crippen LogP contribution in [0, 0.1) is 5.41 Å². The number of hydrogen-bond acceptors (Lipinski definition) is 3. The first-order valence-corrected chi connectivity index (χ1v) is 7.68. The number of amides is 1. The number of likely N-dealkylation sites (tertiary alicyclic amines) is 2. The molecule has 0 aromatic carbocycles. The smallest absolute Gasteiger partial charge is 0.240 e. The SMILES string of the molecule is CC(C)(C)[C@@H](N)C(=O)N1CCC(N2CCCCC2)C1.